The van der Waals surface area contributed by atoms with Gasteiger partial charge in [-0.15, -0.1) is 13.2 Å². The van der Waals surface area contributed by atoms with Crippen molar-refractivity contribution in [3.63, 3.8) is 0 Å². The van der Waals surface area contributed by atoms with Gasteiger partial charge >= 0.3 is 6.36 Å². The third-order valence-corrected chi connectivity index (χ3v) is 7.14. The number of nitrogens with zero attached hydrogens (tertiary/aromatic N) is 2. The number of hydrogen-bond donors (Lipinski definition) is 2. The summed E-state index contributed by atoms with van der Waals surface area (Å²) < 4.78 is 67.3. The predicted octanol–water partition coefficient (Wildman–Crippen LogP) is 6.10. The monoisotopic (exact) mass is 510 g/mol. The van der Waals surface area contributed by atoms with Gasteiger partial charge in [-0.3, -0.25) is 0 Å². The Bertz CT molecular complexity index is 1330. The molecule has 0 aliphatic heterocycles. The number of aromatic nitrogens is 2. The lowest BCUT2D eigenvalue weighted by atomic mass is 9.63. The van der Waals surface area contributed by atoms with Gasteiger partial charge in [0, 0.05) is 11.7 Å². The first kappa shape index (κ1) is 25.3. The lowest BCUT2D eigenvalue weighted by Crippen LogP contribution is -2.35. The molecule has 0 amide bonds. The zero-order valence-corrected chi connectivity index (χ0v) is 20.8. The first-order valence-electron chi connectivity index (χ1n) is 11.2. The van der Waals surface area contributed by atoms with Crippen molar-refractivity contribution in [3.05, 3.63) is 42.5 Å². The predicted molar refractivity (Wildman–Crippen MR) is 128 cm³/mol. The molecule has 0 atom stereocenters. The summed E-state index contributed by atoms with van der Waals surface area (Å²) in [4.78, 5) is 4.61. The van der Waals surface area contributed by atoms with Crippen molar-refractivity contribution >= 4 is 32.7 Å². The summed E-state index contributed by atoms with van der Waals surface area (Å²) in [6.07, 6.45) is -1.95. The van der Waals surface area contributed by atoms with E-state index < -0.39 is 16.4 Å². The summed E-state index contributed by atoms with van der Waals surface area (Å²) in [5, 5.41) is 8.51. The fraction of sp³-hybridized carbons (Fsp3) is 0.458. The Morgan fingerprint density at radius 3 is 2.20 bits per heavy atom. The van der Waals surface area contributed by atoms with Gasteiger partial charge in [-0.05, 0) is 72.6 Å². The van der Waals surface area contributed by atoms with Crippen molar-refractivity contribution in [2.45, 2.75) is 64.3 Å². The number of imidazole rings is 1. The van der Waals surface area contributed by atoms with E-state index in [0.29, 0.717) is 17.2 Å². The maximum absolute atomic E-state index is 12.5. The molecule has 0 spiro atoms. The molecule has 3 aromatic rings. The highest BCUT2D eigenvalue weighted by atomic mass is 32.2. The molecule has 0 bridgehead atoms. The topological polar surface area (TPSA) is 99.2 Å². The molecule has 1 aliphatic rings. The second kappa shape index (κ2) is 8.41. The number of fused-ring (bicyclic) bond motifs is 1. The van der Waals surface area contributed by atoms with Gasteiger partial charge in [0.2, 0.25) is 16.0 Å². The lowest BCUT2D eigenvalue weighted by molar-refractivity contribution is -0.274. The van der Waals surface area contributed by atoms with Gasteiger partial charge in [-0.25, -0.2) is 18.5 Å². The zero-order valence-electron chi connectivity index (χ0n) is 20.0. The Hall–Kier alpha value is -2.79. The van der Waals surface area contributed by atoms with Crippen molar-refractivity contribution in [2.75, 3.05) is 5.32 Å². The van der Waals surface area contributed by atoms with Crippen LogP contribution in [0.1, 0.15) is 53.0 Å². The van der Waals surface area contributed by atoms with Gasteiger partial charge in [0.15, 0.2) is 0 Å². The lowest BCUT2D eigenvalue weighted by Gasteiger charge is -2.45. The van der Waals surface area contributed by atoms with Gasteiger partial charge in [0.1, 0.15) is 5.75 Å². The number of rotatable bonds is 5. The van der Waals surface area contributed by atoms with E-state index in [1.807, 2.05) is 0 Å². The number of alkyl halides is 3. The molecule has 0 unspecified atom stereocenters. The number of primary sulfonamides is 1. The van der Waals surface area contributed by atoms with Crippen LogP contribution in [0, 0.1) is 10.8 Å². The van der Waals surface area contributed by atoms with Gasteiger partial charge in [0.05, 0.1) is 15.9 Å². The molecular formula is C24H29F3N4O3S. The fourth-order valence-corrected chi connectivity index (χ4v) is 6.09. The average molecular weight is 511 g/mol. The minimum Gasteiger partial charge on any atom is -0.406 e. The molecular weight excluding hydrogens is 481 g/mol. The van der Waals surface area contributed by atoms with Crippen molar-refractivity contribution in [3.8, 4) is 5.75 Å². The highest BCUT2D eigenvalue weighted by Crippen LogP contribution is 2.51. The van der Waals surface area contributed by atoms with E-state index in [2.05, 4.69) is 47.3 Å². The summed E-state index contributed by atoms with van der Waals surface area (Å²) >= 11 is 0. The van der Waals surface area contributed by atoms with Crippen LogP contribution < -0.4 is 15.2 Å². The molecule has 4 rings (SSSR count). The summed E-state index contributed by atoms with van der Waals surface area (Å²) in [5.74, 6) is 0.139. The van der Waals surface area contributed by atoms with Crippen LogP contribution in [-0.2, 0) is 10.0 Å². The number of ether oxygens (including phenoxy) is 1. The van der Waals surface area contributed by atoms with E-state index >= 15 is 0 Å². The summed E-state index contributed by atoms with van der Waals surface area (Å²) in [7, 11) is -3.91. The molecule has 0 saturated heterocycles. The van der Waals surface area contributed by atoms with E-state index in [9.17, 15) is 21.6 Å². The number of halogens is 3. The van der Waals surface area contributed by atoms with Gasteiger partial charge in [-0.2, -0.15) is 0 Å². The first-order valence-corrected chi connectivity index (χ1v) is 12.7. The molecule has 3 N–H and O–H groups in total. The van der Waals surface area contributed by atoms with Crippen LogP contribution in [0.4, 0.5) is 24.8 Å². The third kappa shape index (κ3) is 5.90. The summed E-state index contributed by atoms with van der Waals surface area (Å²) in [6, 6.07) is 10.0. The minimum atomic E-state index is -4.77. The number of benzene rings is 2. The Morgan fingerprint density at radius 1 is 1.06 bits per heavy atom. The molecule has 0 radical (unpaired) electrons. The second-order valence-electron chi connectivity index (χ2n) is 10.8. The second-order valence-corrected chi connectivity index (χ2v) is 12.3. The molecule has 2 aromatic carbocycles. The Morgan fingerprint density at radius 2 is 1.66 bits per heavy atom. The zero-order chi connectivity index (χ0) is 25.8. The van der Waals surface area contributed by atoms with Crippen LogP contribution in [0.3, 0.4) is 0 Å². The van der Waals surface area contributed by atoms with Gasteiger partial charge < -0.3 is 14.6 Å². The number of nitrogens with one attached hydrogen (secondary N) is 1. The molecule has 11 heteroatoms. The molecule has 1 aromatic heterocycles. The van der Waals surface area contributed by atoms with Crippen LogP contribution in [0.2, 0.25) is 0 Å². The number of anilines is 2. The number of hydrogen-bond acceptors (Lipinski definition) is 5. The van der Waals surface area contributed by atoms with Crippen molar-refractivity contribution in [1.29, 1.82) is 0 Å². The molecule has 35 heavy (non-hydrogen) atoms. The van der Waals surface area contributed by atoms with Crippen LogP contribution in [0.5, 0.6) is 5.75 Å². The normalized spacial score (nSPS) is 18.5. The Balaban J connectivity index is 1.78. The molecule has 190 valence electrons. The molecule has 1 aliphatic carbocycles. The van der Waals surface area contributed by atoms with Gasteiger partial charge in [0.25, 0.3) is 0 Å². The maximum Gasteiger partial charge on any atom is 0.573 e. The number of nitrogens with two attached hydrogens (primary N) is 1. The standard InChI is InChI=1S/C24H29F3N4O3S/c1-22(2)12-16(13-23(3,4)14-22)31-20-10-9-18(35(28,32)33)11-19(20)30-21(31)29-15-5-7-17(8-6-15)34-24(25,26)27/h5-11,16H,12-14H2,1-4H3,(H,29,30)(H2,28,32,33). The van der Waals surface area contributed by atoms with E-state index in [1.165, 1.54) is 36.4 Å². The summed E-state index contributed by atoms with van der Waals surface area (Å²) in [6.45, 7) is 8.91. The largest absolute Gasteiger partial charge is 0.573 e. The van der Waals surface area contributed by atoms with Crippen LogP contribution in [0.25, 0.3) is 11.0 Å². The summed E-state index contributed by atoms with van der Waals surface area (Å²) in [5.41, 5.74) is 1.85. The van der Waals surface area contributed by atoms with Crippen LogP contribution in [-0.4, -0.2) is 24.3 Å². The molecule has 1 fully saturated rings. The number of sulfonamides is 1. The quantitative estimate of drug-likeness (QED) is 0.432. The Labute approximate surface area is 202 Å². The van der Waals surface area contributed by atoms with E-state index in [1.54, 1.807) is 6.07 Å². The van der Waals surface area contributed by atoms with Crippen molar-refractivity contribution in [1.82, 2.24) is 9.55 Å². The molecule has 1 heterocycles. The highest BCUT2D eigenvalue weighted by Gasteiger charge is 2.40. The van der Waals surface area contributed by atoms with E-state index in [0.717, 1.165) is 24.8 Å². The van der Waals surface area contributed by atoms with Crippen molar-refractivity contribution in [2.24, 2.45) is 16.0 Å². The minimum absolute atomic E-state index is 0.0424. The van der Waals surface area contributed by atoms with Crippen LogP contribution >= 0.6 is 0 Å². The van der Waals surface area contributed by atoms with Crippen molar-refractivity contribution < 1.29 is 26.3 Å². The molecule has 7 nitrogen and oxygen atoms in total. The highest BCUT2D eigenvalue weighted by molar-refractivity contribution is 7.89. The maximum atomic E-state index is 12.5. The fourth-order valence-electron chi connectivity index (χ4n) is 5.55. The van der Waals surface area contributed by atoms with Crippen LogP contribution in [0.15, 0.2) is 47.4 Å². The average Bonchev–Trinajstić information content (AvgIpc) is 3.02. The smallest absolute Gasteiger partial charge is 0.406 e. The molecule has 1 saturated carbocycles. The first-order chi connectivity index (χ1) is 16.0. The SMILES string of the molecule is CC1(C)CC(n2c(Nc3ccc(OC(F)(F)F)cc3)nc3cc(S(N)(=O)=O)ccc32)CC(C)(C)C1. The third-order valence-electron chi connectivity index (χ3n) is 6.23. The van der Waals surface area contributed by atoms with E-state index in [-0.39, 0.29) is 27.5 Å². The van der Waals surface area contributed by atoms with Gasteiger partial charge in [-0.1, -0.05) is 27.7 Å². The Kier molecular flexibility index (Phi) is 6.08. The van der Waals surface area contributed by atoms with E-state index in [4.69, 9.17) is 5.14 Å².